The summed E-state index contributed by atoms with van der Waals surface area (Å²) in [5.74, 6) is 0. The molecular formula is C12H18N2O. The SMILES string of the molecule is CC1CCCCN1c1cnccc1CO. The molecule has 1 aromatic rings. The van der Waals surface area contributed by atoms with E-state index < -0.39 is 0 Å². The molecule has 1 aromatic heterocycles. The van der Waals surface area contributed by atoms with Gasteiger partial charge in [-0.3, -0.25) is 4.98 Å². The van der Waals surface area contributed by atoms with Gasteiger partial charge in [-0.05, 0) is 32.3 Å². The molecule has 3 heteroatoms. The predicted octanol–water partition coefficient (Wildman–Crippen LogP) is 1.95. The highest BCUT2D eigenvalue weighted by Crippen LogP contribution is 2.26. The number of pyridine rings is 1. The summed E-state index contributed by atoms with van der Waals surface area (Å²) in [6, 6.07) is 2.46. The Bertz CT molecular complexity index is 327. The molecule has 0 spiro atoms. The maximum absolute atomic E-state index is 9.28. The molecule has 0 saturated carbocycles. The number of aromatic nitrogens is 1. The van der Waals surface area contributed by atoms with E-state index in [9.17, 15) is 5.11 Å². The zero-order valence-electron chi connectivity index (χ0n) is 9.19. The molecule has 2 rings (SSSR count). The number of hydrogen-bond donors (Lipinski definition) is 1. The van der Waals surface area contributed by atoms with Gasteiger partial charge in [-0.15, -0.1) is 0 Å². The van der Waals surface area contributed by atoms with Crippen molar-refractivity contribution in [2.24, 2.45) is 0 Å². The van der Waals surface area contributed by atoms with Crippen molar-refractivity contribution in [3.63, 3.8) is 0 Å². The first-order valence-electron chi connectivity index (χ1n) is 5.63. The van der Waals surface area contributed by atoms with Gasteiger partial charge in [0.1, 0.15) is 0 Å². The molecule has 1 atom stereocenters. The van der Waals surface area contributed by atoms with Gasteiger partial charge in [0.2, 0.25) is 0 Å². The van der Waals surface area contributed by atoms with E-state index in [2.05, 4.69) is 16.8 Å². The lowest BCUT2D eigenvalue weighted by atomic mass is 10.0. The Labute approximate surface area is 90.8 Å². The fourth-order valence-electron chi connectivity index (χ4n) is 2.26. The van der Waals surface area contributed by atoms with Gasteiger partial charge >= 0.3 is 0 Å². The zero-order valence-corrected chi connectivity index (χ0v) is 9.19. The predicted molar refractivity (Wildman–Crippen MR) is 60.8 cm³/mol. The Morgan fingerprint density at radius 1 is 1.53 bits per heavy atom. The third kappa shape index (κ3) is 2.12. The van der Waals surface area contributed by atoms with Crippen LogP contribution in [0.25, 0.3) is 0 Å². The van der Waals surface area contributed by atoms with Crippen LogP contribution in [0, 0.1) is 0 Å². The van der Waals surface area contributed by atoms with Crippen LogP contribution in [0.5, 0.6) is 0 Å². The Morgan fingerprint density at radius 3 is 3.13 bits per heavy atom. The van der Waals surface area contributed by atoms with Crippen molar-refractivity contribution in [3.05, 3.63) is 24.0 Å². The molecule has 1 unspecified atom stereocenters. The molecule has 0 radical (unpaired) electrons. The monoisotopic (exact) mass is 206 g/mol. The second-order valence-electron chi connectivity index (χ2n) is 4.20. The molecule has 1 saturated heterocycles. The van der Waals surface area contributed by atoms with Crippen LogP contribution in [0.4, 0.5) is 5.69 Å². The van der Waals surface area contributed by atoms with Crippen molar-refractivity contribution in [1.82, 2.24) is 4.98 Å². The van der Waals surface area contributed by atoms with E-state index in [4.69, 9.17) is 0 Å². The van der Waals surface area contributed by atoms with Crippen LogP contribution < -0.4 is 4.90 Å². The van der Waals surface area contributed by atoms with E-state index in [0.29, 0.717) is 6.04 Å². The second kappa shape index (κ2) is 4.62. The van der Waals surface area contributed by atoms with E-state index in [1.165, 1.54) is 19.3 Å². The largest absolute Gasteiger partial charge is 0.392 e. The van der Waals surface area contributed by atoms with Gasteiger partial charge in [0.25, 0.3) is 0 Å². The fraction of sp³-hybridized carbons (Fsp3) is 0.583. The van der Waals surface area contributed by atoms with Gasteiger partial charge in [0, 0.05) is 24.3 Å². The van der Waals surface area contributed by atoms with E-state index in [1.807, 2.05) is 12.3 Å². The Kier molecular flexibility index (Phi) is 3.21. The number of hydrogen-bond acceptors (Lipinski definition) is 3. The molecule has 0 aliphatic carbocycles. The van der Waals surface area contributed by atoms with Gasteiger partial charge < -0.3 is 10.0 Å². The van der Waals surface area contributed by atoms with Gasteiger partial charge in [-0.2, -0.15) is 0 Å². The molecule has 15 heavy (non-hydrogen) atoms. The van der Waals surface area contributed by atoms with Gasteiger partial charge in [-0.25, -0.2) is 0 Å². The summed E-state index contributed by atoms with van der Waals surface area (Å²) < 4.78 is 0. The minimum atomic E-state index is 0.0983. The number of aliphatic hydroxyl groups is 1. The van der Waals surface area contributed by atoms with Crippen molar-refractivity contribution < 1.29 is 5.11 Å². The average molecular weight is 206 g/mol. The van der Waals surface area contributed by atoms with Crippen molar-refractivity contribution in [2.45, 2.75) is 38.8 Å². The molecule has 1 fully saturated rings. The average Bonchev–Trinajstić information content (AvgIpc) is 2.30. The molecule has 3 nitrogen and oxygen atoms in total. The Hall–Kier alpha value is -1.09. The number of piperidine rings is 1. The van der Waals surface area contributed by atoms with Crippen LogP contribution >= 0.6 is 0 Å². The summed E-state index contributed by atoms with van der Waals surface area (Å²) in [5.41, 5.74) is 2.09. The standard InChI is InChI=1S/C12H18N2O/c1-10-4-2-3-7-14(10)12-8-13-6-5-11(12)9-15/h5-6,8,10,15H,2-4,7,9H2,1H3. The number of anilines is 1. The van der Waals surface area contributed by atoms with Crippen LogP contribution in [-0.2, 0) is 6.61 Å². The lowest BCUT2D eigenvalue weighted by molar-refractivity contribution is 0.281. The van der Waals surface area contributed by atoms with Crippen molar-refractivity contribution in [3.8, 4) is 0 Å². The van der Waals surface area contributed by atoms with Gasteiger partial charge in [-0.1, -0.05) is 0 Å². The second-order valence-corrected chi connectivity index (χ2v) is 4.20. The quantitative estimate of drug-likeness (QED) is 0.803. The number of nitrogens with zero attached hydrogens (tertiary/aromatic N) is 2. The van der Waals surface area contributed by atoms with Crippen LogP contribution in [0.3, 0.4) is 0 Å². The van der Waals surface area contributed by atoms with E-state index in [0.717, 1.165) is 17.8 Å². The molecule has 2 heterocycles. The summed E-state index contributed by atoms with van der Waals surface area (Å²) in [6.07, 6.45) is 7.40. The smallest absolute Gasteiger partial charge is 0.0703 e. The number of aliphatic hydroxyl groups excluding tert-OH is 1. The molecule has 1 aliphatic rings. The molecule has 82 valence electrons. The molecule has 0 aromatic carbocycles. The molecule has 1 N–H and O–H groups in total. The first kappa shape index (κ1) is 10.4. The third-order valence-corrected chi connectivity index (χ3v) is 3.17. The third-order valence-electron chi connectivity index (χ3n) is 3.17. The normalized spacial score (nSPS) is 21.7. The molecule has 0 bridgehead atoms. The molecule has 1 aliphatic heterocycles. The van der Waals surface area contributed by atoms with Crippen molar-refractivity contribution >= 4 is 5.69 Å². The van der Waals surface area contributed by atoms with Crippen molar-refractivity contribution in [1.29, 1.82) is 0 Å². The van der Waals surface area contributed by atoms with E-state index in [-0.39, 0.29) is 6.61 Å². The van der Waals surface area contributed by atoms with Gasteiger partial charge in [0.05, 0.1) is 18.5 Å². The lowest BCUT2D eigenvalue weighted by Gasteiger charge is -2.36. The topological polar surface area (TPSA) is 36.4 Å². The Balaban J connectivity index is 2.26. The Morgan fingerprint density at radius 2 is 2.40 bits per heavy atom. The first-order valence-corrected chi connectivity index (χ1v) is 5.63. The minimum Gasteiger partial charge on any atom is -0.392 e. The summed E-state index contributed by atoms with van der Waals surface area (Å²) in [5, 5.41) is 9.28. The minimum absolute atomic E-state index is 0.0983. The van der Waals surface area contributed by atoms with Crippen LogP contribution in [0.2, 0.25) is 0 Å². The highest BCUT2D eigenvalue weighted by molar-refractivity contribution is 5.52. The highest BCUT2D eigenvalue weighted by atomic mass is 16.3. The lowest BCUT2D eigenvalue weighted by Crippen LogP contribution is -2.38. The highest BCUT2D eigenvalue weighted by Gasteiger charge is 2.20. The van der Waals surface area contributed by atoms with Crippen LogP contribution in [-0.4, -0.2) is 22.7 Å². The maximum Gasteiger partial charge on any atom is 0.0703 e. The zero-order chi connectivity index (χ0) is 10.7. The van der Waals surface area contributed by atoms with Gasteiger partial charge in [0.15, 0.2) is 0 Å². The van der Waals surface area contributed by atoms with Crippen LogP contribution in [0.15, 0.2) is 18.5 Å². The first-order chi connectivity index (χ1) is 7.33. The fourth-order valence-corrected chi connectivity index (χ4v) is 2.26. The van der Waals surface area contributed by atoms with E-state index in [1.54, 1.807) is 6.20 Å². The summed E-state index contributed by atoms with van der Waals surface area (Å²) in [6.45, 7) is 3.42. The summed E-state index contributed by atoms with van der Waals surface area (Å²) in [7, 11) is 0. The van der Waals surface area contributed by atoms with Crippen LogP contribution in [0.1, 0.15) is 31.7 Å². The molecule has 0 amide bonds. The molecular weight excluding hydrogens is 188 g/mol. The summed E-state index contributed by atoms with van der Waals surface area (Å²) in [4.78, 5) is 6.51. The maximum atomic E-state index is 9.28. The van der Waals surface area contributed by atoms with E-state index >= 15 is 0 Å². The number of rotatable bonds is 2. The summed E-state index contributed by atoms with van der Waals surface area (Å²) >= 11 is 0. The van der Waals surface area contributed by atoms with Crippen molar-refractivity contribution in [2.75, 3.05) is 11.4 Å².